The second-order valence-electron chi connectivity index (χ2n) is 5.69. The van der Waals surface area contributed by atoms with Gasteiger partial charge in [-0.2, -0.15) is 0 Å². The van der Waals surface area contributed by atoms with Crippen LogP contribution < -0.4 is 11.1 Å². The standard InChI is InChI=1S/C18H22N4O3S/c1-5-25-17(24)13-9-20-18(22-15(13)19)26-12(4)16(23)21-14-10(2)7-6-8-11(14)3/h6-9,12H,5H2,1-4H3,(H,21,23)(H2,19,20,22)/t12-/m0/s1. The number of hydrogen-bond acceptors (Lipinski definition) is 7. The Kier molecular flexibility index (Phi) is 6.57. The highest BCUT2D eigenvalue weighted by Gasteiger charge is 2.19. The van der Waals surface area contributed by atoms with E-state index >= 15 is 0 Å². The Balaban J connectivity index is 2.07. The summed E-state index contributed by atoms with van der Waals surface area (Å²) < 4.78 is 4.89. The van der Waals surface area contributed by atoms with E-state index in [0.717, 1.165) is 28.6 Å². The molecule has 0 radical (unpaired) electrons. The Morgan fingerprint density at radius 2 is 1.96 bits per heavy atom. The minimum absolute atomic E-state index is 0.0308. The van der Waals surface area contributed by atoms with Crippen LogP contribution in [0.1, 0.15) is 35.3 Å². The first-order valence-corrected chi connectivity index (χ1v) is 9.04. The lowest BCUT2D eigenvalue weighted by molar-refractivity contribution is -0.115. The van der Waals surface area contributed by atoms with Gasteiger partial charge in [0, 0.05) is 11.9 Å². The number of rotatable bonds is 6. The lowest BCUT2D eigenvalue weighted by Gasteiger charge is -2.15. The molecule has 0 saturated carbocycles. The van der Waals surface area contributed by atoms with Gasteiger partial charge in [0.15, 0.2) is 5.16 Å². The van der Waals surface area contributed by atoms with Crippen LogP contribution in [-0.4, -0.2) is 33.7 Å². The summed E-state index contributed by atoms with van der Waals surface area (Å²) in [5.74, 6) is -0.699. The molecule has 0 aliphatic carbocycles. The lowest BCUT2D eigenvalue weighted by atomic mass is 10.1. The van der Waals surface area contributed by atoms with Crippen molar-refractivity contribution < 1.29 is 14.3 Å². The van der Waals surface area contributed by atoms with Gasteiger partial charge in [0.25, 0.3) is 0 Å². The summed E-state index contributed by atoms with van der Waals surface area (Å²) in [6.45, 7) is 7.59. The maximum absolute atomic E-state index is 12.5. The number of aryl methyl sites for hydroxylation is 2. The average molecular weight is 374 g/mol. The van der Waals surface area contributed by atoms with Crippen molar-refractivity contribution in [2.75, 3.05) is 17.7 Å². The quantitative estimate of drug-likeness (QED) is 0.455. The molecule has 0 unspecified atom stereocenters. The molecule has 2 rings (SSSR count). The van der Waals surface area contributed by atoms with Gasteiger partial charge in [0.2, 0.25) is 5.91 Å². The van der Waals surface area contributed by atoms with Crippen LogP contribution in [0.2, 0.25) is 0 Å². The number of nitrogens with one attached hydrogen (secondary N) is 1. The number of hydrogen-bond donors (Lipinski definition) is 2. The number of para-hydroxylation sites is 1. The highest BCUT2D eigenvalue weighted by atomic mass is 32.2. The minimum atomic E-state index is -0.567. The molecule has 138 valence electrons. The number of anilines is 2. The van der Waals surface area contributed by atoms with Gasteiger partial charge in [-0.15, -0.1) is 0 Å². The fraction of sp³-hybridized carbons (Fsp3) is 0.333. The molecular formula is C18H22N4O3S. The Bertz CT molecular complexity index is 806. The van der Waals surface area contributed by atoms with Crippen molar-refractivity contribution in [3.8, 4) is 0 Å². The Morgan fingerprint density at radius 1 is 1.31 bits per heavy atom. The number of nitrogens with two attached hydrogens (primary N) is 1. The second kappa shape index (κ2) is 8.66. The van der Waals surface area contributed by atoms with Crippen molar-refractivity contribution >= 4 is 35.1 Å². The first kappa shape index (κ1) is 19.7. The number of aromatic nitrogens is 2. The summed E-state index contributed by atoms with van der Waals surface area (Å²) >= 11 is 1.16. The van der Waals surface area contributed by atoms with Gasteiger partial charge in [-0.3, -0.25) is 4.79 Å². The van der Waals surface area contributed by atoms with Crippen LogP contribution in [0.3, 0.4) is 0 Å². The topological polar surface area (TPSA) is 107 Å². The van der Waals surface area contributed by atoms with Crippen LogP contribution in [0.5, 0.6) is 0 Å². The molecule has 3 N–H and O–H groups in total. The van der Waals surface area contributed by atoms with Crippen molar-refractivity contribution in [1.29, 1.82) is 0 Å². The molecule has 1 amide bonds. The van der Waals surface area contributed by atoms with Gasteiger partial charge in [-0.1, -0.05) is 30.0 Å². The Morgan fingerprint density at radius 3 is 2.54 bits per heavy atom. The largest absolute Gasteiger partial charge is 0.462 e. The molecule has 0 aliphatic rings. The van der Waals surface area contributed by atoms with E-state index in [0.29, 0.717) is 5.16 Å². The normalized spacial score (nSPS) is 11.7. The minimum Gasteiger partial charge on any atom is -0.462 e. The maximum atomic E-state index is 12.5. The zero-order chi connectivity index (χ0) is 19.3. The molecule has 26 heavy (non-hydrogen) atoms. The monoisotopic (exact) mass is 374 g/mol. The van der Waals surface area contributed by atoms with E-state index < -0.39 is 11.2 Å². The molecule has 0 fully saturated rings. The number of amides is 1. The maximum Gasteiger partial charge on any atom is 0.343 e. The summed E-state index contributed by atoms with van der Waals surface area (Å²) in [6, 6.07) is 5.83. The van der Waals surface area contributed by atoms with Crippen LogP contribution in [0.25, 0.3) is 0 Å². The molecule has 0 spiro atoms. The number of nitrogen functional groups attached to an aromatic ring is 1. The molecule has 0 aliphatic heterocycles. The van der Waals surface area contributed by atoms with Crippen LogP contribution in [0, 0.1) is 13.8 Å². The molecule has 1 aromatic heterocycles. The van der Waals surface area contributed by atoms with Crippen molar-refractivity contribution in [1.82, 2.24) is 9.97 Å². The SMILES string of the molecule is CCOC(=O)c1cnc(S[C@@H](C)C(=O)Nc2c(C)cccc2C)nc1N. The van der Waals surface area contributed by atoms with Crippen LogP contribution >= 0.6 is 11.8 Å². The predicted molar refractivity (Wildman–Crippen MR) is 102 cm³/mol. The number of carbonyl (C=O) groups excluding carboxylic acids is 2. The van der Waals surface area contributed by atoms with E-state index in [1.54, 1.807) is 13.8 Å². The van der Waals surface area contributed by atoms with Gasteiger partial charge < -0.3 is 15.8 Å². The lowest BCUT2D eigenvalue weighted by Crippen LogP contribution is -2.23. The zero-order valence-electron chi connectivity index (χ0n) is 15.2. The highest BCUT2D eigenvalue weighted by molar-refractivity contribution is 8.00. The second-order valence-corrected chi connectivity index (χ2v) is 7.00. The van der Waals surface area contributed by atoms with E-state index in [4.69, 9.17) is 10.5 Å². The molecule has 1 atom stereocenters. The van der Waals surface area contributed by atoms with E-state index in [9.17, 15) is 9.59 Å². The van der Waals surface area contributed by atoms with Gasteiger partial charge in [-0.25, -0.2) is 14.8 Å². The van der Waals surface area contributed by atoms with E-state index in [1.807, 2.05) is 32.0 Å². The van der Waals surface area contributed by atoms with Crippen LogP contribution in [-0.2, 0) is 9.53 Å². The third-order valence-electron chi connectivity index (χ3n) is 3.67. The molecule has 2 aromatic rings. The average Bonchev–Trinajstić information content (AvgIpc) is 2.58. The van der Waals surface area contributed by atoms with E-state index in [1.165, 1.54) is 6.20 Å². The fourth-order valence-electron chi connectivity index (χ4n) is 2.25. The van der Waals surface area contributed by atoms with Crippen molar-refractivity contribution in [3.05, 3.63) is 41.1 Å². The van der Waals surface area contributed by atoms with E-state index in [2.05, 4.69) is 15.3 Å². The summed E-state index contributed by atoms with van der Waals surface area (Å²) in [5, 5.41) is 2.82. The summed E-state index contributed by atoms with van der Waals surface area (Å²) in [7, 11) is 0. The summed E-state index contributed by atoms with van der Waals surface area (Å²) in [6.07, 6.45) is 1.32. The van der Waals surface area contributed by atoms with Crippen molar-refractivity contribution in [2.45, 2.75) is 38.1 Å². The number of carbonyl (C=O) groups is 2. The molecule has 0 saturated heterocycles. The molecular weight excluding hydrogens is 352 g/mol. The van der Waals surface area contributed by atoms with Crippen LogP contribution in [0.15, 0.2) is 29.6 Å². The third kappa shape index (κ3) is 4.72. The fourth-order valence-corrected chi connectivity index (χ4v) is 3.00. The number of esters is 1. The molecule has 8 heteroatoms. The zero-order valence-corrected chi connectivity index (χ0v) is 16.0. The van der Waals surface area contributed by atoms with Gasteiger partial charge >= 0.3 is 5.97 Å². The highest BCUT2D eigenvalue weighted by Crippen LogP contribution is 2.25. The Labute approximate surface area is 156 Å². The van der Waals surface area contributed by atoms with E-state index in [-0.39, 0.29) is 23.9 Å². The molecule has 1 aromatic carbocycles. The first-order chi connectivity index (χ1) is 12.3. The van der Waals surface area contributed by atoms with Gasteiger partial charge in [0.1, 0.15) is 11.4 Å². The first-order valence-electron chi connectivity index (χ1n) is 8.16. The number of ether oxygens (including phenoxy) is 1. The Hall–Kier alpha value is -2.61. The van der Waals surface area contributed by atoms with Gasteiger partial charge in [-0.05, 0) is 38.8 Å². The smallest absolute Gasteiger partial charge is 0.343 e. The number of benzene rings is 1. The predicted octanol–water partition coefficient (Wildman–Crippen LogP) is 2.97. The number of nitrogens with zero attached hydrogens (tertiary/aromatic N) is 2. The molecule has 1 heterocycles. The molecule has 0 bridgehead atoms. The van der Waals surface area contributed by atoms with Gasteiger partial charge in [0.05, 0.1) is 11.9 Å². The van der Waals surface area contributed by atoms with Crippen LogP contribution in [0.4, 0.5) is 11.5 Å². The third-order valence-corrected chi connectivity index (χ3v) is 4.65. The van der Waals surface area contributed by atoms with Crippen molar-refractivity contribution in [3.63, 3.8) is 0 Å². The summed E-state index contributed by atoms with van der Waals surface area (Å²) in [4.78, 5) is 32.4. The van der Waals surface area contributed by atoms with Crippen molar-refractivity contribution in [2.24, 2.45) is 0 Å². The summed E-state index contributed by atoms with van der Waals surface area (Å²) in [5.41, 5.74) is 8.72. The number of thioether (sulfide) groups is 1. The molecule has 7 nitrogen and oxygen atoms in total.